The molecule has 0 bridgehead atoms. The minimum Gasteiger partial charge on any atom is -0.490 e. The fourth-order valence-corrected chi connectivity index (χ4v) is 4.56. The summed E-state index contributed by atoms with van der Waals surface area (Å²) in [7, 11) is 0. The molecule has 2 aliphatic rings. The molecular formula is C15H17BrF2O. The lowest BCUT2D eigenvalue weighted by atomic mass is 9.58. The topological polar surface area (TPSA) is 9.23 Å². The lowest BCUT2D eigenvalue weighted by Gasteiger charge is -2.55. The Balaban J connectivity index is 1.76. The molecule has 2 atom stereocenters. The molecule has 0 heterocycles. The van der Waals surface area contributed by atoms with Gasteiger partial charge >= 0.3 is 0 Å². The van der Waals surface area contributed by atoms with E-state index in [1.807, 2.05) is 0 Å². The highest BCUT2D eigenvalue weighted by Crippen LogP contribution is 2.56. The maximum absolute atomic E-state index is 13.2. The lowest BCUT2D eigenvalue weighted by Crippen LogP contribution is -2.57. The van der Waals surface area contributed by atoms with Gasteiger partial charge in [-0.2, -0.15) is 0 Å². The Hall–Kier alpha value is -0.640. The van der Waals surface area contributed by atoms with Crippen LogP contribution in [0.5, 0.6) is 5.75 Å². The van der Waals surface area contributed by atoms with Crippen LogP contribution in [0.25, 0.3) is 0 Å². The largest absolute Gasteiger partial charge is 0.490 e. The zero-order chi connectivity index (χ0) is 13.5. The molecule has 0 N–H and O–H groups in total. The second-order valence-corrected chi connectivity index (χ2v) is 6.81. The number of ether oxygens (including phenoxy) is 1. The van der Waals surface area contributed by atoms with Gasteiger partial charge in [0, 0.05) is 28.4 Å². The van der Waals surface area contributed by atoms with Crippen LogP contribution in [0.4, 0.5) is 8.78 Å². The number of hydrogen-bond donors (Lipinski definition) is 0. The lowest BCUT2D eigenvalue weighted by molar-refractivity contribution is -0.0603. The van der Waals surface area contributed by atoms with E-state index in [1.54, 1.807) is 0 Å². The van der Waals surface area contributed by atoms with E-state index >= 15 is 0 Å². The Kier molecular flexibility index (Phi) is 3.54. The van der Waals surface area contributed by atoms with Gasteiger partial charge in [0.1, 0.15) is 23.5 Å². The van der Waals surface area contributed by atoms with E-state index in [1.165, 1.54) is 31.4 Å². The van der Waals surface area contributed by atoms with Crippen LogP contribution in [-0.2, 0) is 0 Å². The predicted octanol–water partition coefficient (Wildman–Crippen LogP) is 4.83. The minimum atomic E-state index is -0.581. The summed E-state index contributed by atoms with van der Waals surface area (Å²) in [5.41, 5.74) is 0.168. The van der Waals surface area contributed by atoms with Crippen LogP contribution in [0, 0.1) is 17.0 Å². The van der Waals surface area contributed by atoms with E-state index in [9.17, 15) is 8.78 Å². The fraction of sp³-hybridized carbons (Fsp3) is 0.600. The molecule has 0 aliphatic heterocycles. The highest BCUT2D eigenvalue weighted by Gasteiger charge is 2.55. The number of halogens is 3. The molecule has 3 rings (SSSR count). The molecule has 1 nitrogen and oxygen atoms in total. The van der Waals surface area contributed by atoms with E-state index in [2.05, 4.69) is 15.9 Å². The molecule has 0 amide bonds. The van der Waals surface area contributed by atoms with Crippen LogP contribution >= 0.6 is 15.9 Å². The van der Waals surface area contributed by atoms with Crippen molar-refractivity contribution in [1.82, 2.24) is 0 Å². The quantitative estimate of drug-likeness (QED) is 0.706. The predicted molar refractivity (Wildman–Crippen MR) is 73.6 cm³/mol. The first kappa shape index (κ1) is 13.3. The monoisotopic (exact) mass is 330 g/mol. The number of hydrogen-bond acceptors (Lipinski definition) is 1. The summed E-state index contributed by atoms with van der Waals surface area (Å²) in [5.74, 6) is -0.850. The van der Waals surface area contributed by atoms with Crippen LogP contribution in [0.1, 0.15) is 38.5 Å². The molecule has 2 aliphatic carbocycles. The third kappa shape index (κ3) is 2.39. The van der Waals surface area contributed by atoms with Crippen LogP contribution in [-0.4, -0.2) is 10.9 Å². The Labute approximate surface area is 120 Å². The third-order valence-electron chi connectivity index (χ3n) is 4.58. The second-order valence-electron chi connectivity index (χ2n) is 5.71. The van der Waals surface area contributed by atoms with Gasteiger partial charge in [-0.3, -0.25) is 0 Å². The molecule has 4 heteroatoms. The number of benzene rings is 1. The standard InChI is InChI=1S/C15H17BrF2O/c16-13-9-14(15(13)4-2-1-3-5-15)19-12-7-10(17)6-11(18)8-12/h6-8,13-14H,1-5,9H2. The van der Waals surface area contributed by atoms with Gasteiger partial charge in [0.2, 0.25) is 0 Å². The number of alkyl halides is 1. The smallest absolute Gasteiger partial charge is 0.129 e. The molecule has 104 valence electrons. The van der Waals surface area contributed by atoms with Gasteiger partial charge in [-0.05, 0) is 19.3 Å². The molecule has 2 fully saturated rings. The van der Waals surface area contributed by atoms with Gasteiger partial charge in [-0.25, -0.2) is 8.78 Å². The van der Waals surface area contributed by atoms with E-state index in [-0.39, 0.29) is 11.5 Å². The summed E-state index contributed by atoms with van der Waals surface area (Å²) in [6, 6.07) is 3.40. The first-order chi connectivity index (χ1) is 9.10. The van der Waals surface area contributed by atoms with Crippen molar-refractivity contribution < 1.29 is 13.5 Å². The van der Waals surface area contributed by atoms with Crippen molar-refractivity contribution >= 4 is 15.9 Å². The molecule has 0 saturated heterocycles. The molecule has 1 aromatic carbocycles. The molecule has 1 spiro atoms. The van der Waals surface area contributed by atoms with Crippen LogP contribution in [0.15, 0.2) is 18.2 Å². The van der Waals surface area contributed by atoms with E-state index < -0.39 is 11.6 Å². The minimum absolute atomic E-state index is 0.0818. The molecule has 0 radical (unpaired) electrons. The van der Waals surface area contributed by atoms with Crippen LogP contribution in [0.2, 0.25) is 0 Å². The van der Waals surface area contributed by atoms with Crippen LogP contribution in [0.3, 0.4) is 0 Å². The Morgan fingerprint density at radius 3 is 2.26 bits per heavy atom. The highest BCUT2D eigenvalue weighted by atomic mass is 79.9. The van der Waals surface area contributed by atoms with Crippen molar-refractivity contribution in [2.24, 2.45) is 5.41 Å². The third-order valence-corrected chi connectivity index (χ3v) is 5.87. The van der Waals surface area contributed by atoms with Gasteiger partial charge in [0.15, 0.2) is 0 Å². The second kappa shape index (κ2) is 5.04. The van der Waals surface area contributed by atoms with E-state index in [4.69, 9.17) is 4.74 Å². The van der Waals surface area contributed by atoms with Crippen LogP contribution < -0.4 is 4.74 Å². The number of rotatable bonds is 2. The van der Waals surface area contributed by atoms with Crippen molar-refractivity contribution in [3.8, 4) is 5.75 Å². The molecule has 2 unspecified atom stereocenters. The van der Waals surface area contributed by atoms with Crippen molar-refractivity contribution in [2.75, 3.05) is 0 Å². The van der Waals surface area contributed by atoms with Gasteiger partial charge < -0.3 is 4.74 Å². The fourth-order valence-electron chi connectivity index (χ4n) is 3.47. The summed E-state index contributed by atoms with van der Waals surface area (Å²) in [6.45, 7) is 0. The Morgan fingerprint density at radius 1 is 1.05 bits per heavy atom. The first-order valence-corrected chi connectivity index (χ1v) is 7.78. The SMILES string of the molecule is Fc1cc(F)cc(OC2CC(Br)C23CCCCC3)c1. The maximum Gasteiger partial charge on any atom is 0.129 e. The molecule has 19 heavy (non-hydrogen) atoms. The van der Waals surface area contributed by atoms with Crippen molar-refractivity contribution in [1.29, 1.82) is 0 Å². The van der Waals surface area contributed by atoms with E-state index in [0.29, 0.717) is 10.6 Å². The Bertz CT molecular complexity index is 451. The molecule has 2 saturated carbocycles. The highest BCUT2D eigenvalue weighted by molar-refractivity contribution is 9.09. The molecule has 0 aromatic heterocycles. The van der Waals surface area contributed by atoms with Gasteiger partial charge in [0.05, 0.1) is 0 Å². The van der Waals surface area contributed by atoms with Crippen molar-refractivity contribution in [3.05, 3.63) is 29.8 Å². The van der Waals surface area contributed by atoms with Gasteiger partial charge in [0.25, 0.3) is 0 Å². The zero-order valence-electron chi connectivity index (χ0n) is 10.7. The van der Waals surface area contributed by atoms with E-state index in [0.717, 1.165) is 25.3 Å². The summed E-state index contributed by atoms with van der Waals surface area (Å²) in [5, 5.41) is 0. The Morgan fingerprint density at radius 2 is 1.68 bits per heavy atom. The molecular weight excluding hydrogens is 314 g/mol. The maximum atomic E-state index is 13.2. The summed E-state index contributed by atoms with van der Waals surface area (Å²) < 4.78 is 32.2. The van der Waals surface area contributed by atoms with Crippen molar-refractivity contribution in [2.45, 2.75) is 49.5 Å². The first-order valence-electron chi connectivity index (χ1n) is 6.87. The van der Waals surface area contributed by atoms with Gasteiger partial charge in [-0.15, -0.1) is 0 Å². The average molecular weight is 331 g/mol. The van der Waals surface area contributed by atoms with Gasteiger partial charge in [-0.1, -0.05) is 35.2 Å². The zero-order valence-corrected chi connectivity index (χ0v) is 12.3. The summed E-state index contributed by atoms with van der Waals surface area (Å²) in [6.07, 6.45) is 7.01. The van der Waals surface area contributed by atoms with Crippen molar-refractivity contribution in [3.63, 3.8) is 0 Å². The molecule has 1 aromatic rings. The summed E-state index contributed by atoms with van der Waals surface area (Å²) >= 11 is 3.73. The normalized spacial score (nSPS) is 29.0. The average Bonchev–Trinajstić information content (AvgIpc) is 2.38. The summed E-state index contributed by atoms with van der Waals surface area (Å²) in [4.78, 5) is 0.476.